The Morgan fingerprint density at radius 2 is 2.06 bits per heavy atom. The lowest BCUT2D eigenvalue weighted by atomic mass is 10.3. The summed E-state index contributed by atoms with van der Waals surface area (Å²) in [5.41, 5.74) is 11.2. The van der Waals surface area contributed by atoms with Crippen LogP contribution in [0.2, 0.25) is 0 Å². The Morgan fingerprint density at radius 3 is 2.65 bits per heavy atom. The normalized spacial score (nSPS) is 9.94. The molecule has 0 saturated carbocycles. The quantitative estimate of drug-likeness (QED) is 0.486. The van der Waals surface area contributed by atoms with Gasteiger partial charge in [0.1, 0.15) is 5.69 Å². The molecule has 1 heterocycles. The van der Waals surface area contributed by atoms with Crippen molar-refractivity contribution in [3.8, 4) is 0 Å². The van der Waals surface area contributed by atoms with Gasteiger partial charge in [-0.2, -0.15) is 5.10 Å². The predicted octanol–water partition coefficient (Wildman–Crippen LogP) is -1.12. The van der Waals surface area contributed by atoms with Gasteiger partial charge < -0.3 is 22.1 Å². The number of aromatic nitrogens is 2. The molecule has 0 aliphatic heterocycles. The molecule has 0 radical (unpaired) electrons. The number of nitrogens with one attached hydrogen (secondary N) is 2. The highest BCUT2D eigenvalue weighted by Crippen LogP contribution is 2.09. The standard InChI is InChI=1S/C9H16N6O2/c1-2-15-7(6(10)5-14-15)8(16)12-3-4-13-9(11)17/h5H,2-4,10H2,1H3,(H,12,16)(H3,11,13,17). The van der Waals surface area contributed by atoms with E-state index in [0.29, 0.717) is 17.9 Å². The van der Waals surface area contributed by atoms with Gasteiger partial charge in [-0.25, -0.2) is 4.79 Å². The second-order valence-electron chi connectivity index (χ2n) is 3.31. The van der Waals surface area contributed by atoms with Crippen molar-refractivity contribution in [3.63, 3.8) is 0 Å². The zero-order chi connectivity index (χ0) is 12.8. The minimum absolute atomic E-state index is 0.265. The second-order valence-corrected chi connectivity index (χ2v) is 3.31. The highest BCUT2D eigenvalue weighted by molar-refractivity contribution is 5.97. The smallest absolute Gasteiger partial charge is 0.312 e. The molecule has 0 bridgehead atoms. The summed E-state index contributed by atoms with van der Waals surface area (Å²) in [7, 11) is 0. The van der Waals surface area contributed by atoms with E-state index in [1.807, 2.05) is 6.92 Å². The minimum atomic E-state index is -0.627. The molecule has 0 spiro atoms. The maximum absolute atomic E-state index is 11.8. The van der Waals surface area contributed by atoms with E-state index in [1.54, 1.807) is 0 Å². The Balaban J connectivity index is 2.52. The van der Waals surface area contributed by atoms with E-state index >= 15 is 0 Å². The lowest BCUT2D eigenvalue weighted by Gasteiger charge is -2.07. The summed E-state index contributed by atoms with van der Waals surface area (Å²) in [6.07, 6.45) is 1.43. The molecule has 8 heteroatoms. The van der Waals surface area contributed by atoms with E-state index in [-0.39, 0.29) is 19.0 Å². The number of carbonyl (C=O) groups is 2. The van der Waals surface area contributed by atoms with Crippen molar-refractivity contribution in [1.82, 2.24) is 20.4 Å². The van der Waals surface area contributed by atoms with Crippen molar-refractivity contribution in [2.45, 2.75) is 13.5 Å². The SMILES string of the molecule is CCn1ncc(N)c1C(=O)NCCNC(N)=O. The molecule has 0 unspecified atom stereocenters. The van der Waals surface area contributed by atoms with Gasteiger partial charge in [-0.1, -0.05) is 0 Å². The van der Waals surface area contributed by atoms with Gasteiger partial charge in [0.2, 0.25) is 0 Å². The number of nitrogen functional groups attached to an aromatic ring is 1. The summed E-state index contributed by atoms with van der Waals surface area (Å²) >= 11 is 0. The molecule has 0 fully saturated rings. The molecular formula is C9H16N6O2. The lowest BCUT2D eigenvalue weighted by molar-refractivity contribution is 0.0944. The van der Waals surface area contributed by atoms with Crippen LogP contribution in [-0.2, 0) is 6.54 Å². The first kappa shape index (κ1) is 12.8. The Morgan fingerprint density at radius 1 is 1.41 bits per heavy atom. The molecule has 0 atom stereocenters. The minimum Gasteiger partial charge on any atom is -0.396 e. The largest absolute Gasteiger partial charge is 0.396 e. The number of rotatable bonds is 5. The van der Waals surface area contributed by atoms with E-state index in [1.165, 1.54) is 10.9 Å². The maximum Gasteiger partial charge on any atom is 0.312 e. The van der Waals surface area contributed by atoms with Gasteiger partial charge in [-0.05, 0) is 6.92 Å². The molecule has 8 nitrogen and oxygen atoms in total. The maximum atomic E-state index is 11.8. The summed E-state index contributed by atoms with van der Waals surface area (Å²) in [5, 5.41) is 8.92. The molecule has 0 saturated heterocycles. The molecule has 1 rings (SSSR count). The van der Waals surface area contributed by atoms with Crippen LogP contribution in [-0.4, -0.2) is 34.8 Å². The molecular weight excluding hydrogens is 224 g/mol. The Bertz CT molecular complexity index is 414. The van der Waals surface area contributed by atoms with Gasteiger partial charge in [0.05, 0.1) is 11.9 Å². The number of carbonyl (C=O) groups excluding carboxylic acids is 2. The van der Waals surface area contributed by atoms with Gasteiger partial charge in [-0.3, -0.25) is 9.48 Å². The van der Waals surface area contributed by atoms with E-state index < -0.39 is 6.03 Å². The van der Waals surface area contributed by atoms with Crippen LogP contribution in [0.15, 0.2) is 6.20 Å². The number of anilines is 1. The number of urea groups is 1. The molecule has 0 aliphatic carbocycles. The van der Waals surface area contributed by atoms with Crippen molar-refractivity contribution < 1.29 is 9.59 Å². The summed E-state index contributed by atoms with van der Waals surface area (Å²) < 4.78 is 1.51. The van der Waals surface area contributed by atoms with Crippen molar-refractivity contribution in [2.24, 2.45) is 5.73 Å². The van der Waals surface area contributed by atoms with E-state index in [9.17, 15) is 9.59 Å². The number of nitrogens with zero attached hydrogens (tertiary/aromatic N) is 2. The van der Waals surface area contributed by atoms with Crippen LogP contribution in [0, 0.1) is 0 Å². The third-order valence-electron chi connectivity index (χ3n) is 2.09. The number of hydrogen-bond donors (Lipinski definition) is 4. The van der Waals surface area contributed by atoms with E-state index in [4.69, 9.17) is 11.5 Å². The number of hydrogen-bond acceptors (Lipinski definition) is 4. The molecule has 0 aliphatic rings. The monoisotopic (exact) mass is 240 g/mol. The molecule has 17 heavy (non-hydrogen) atoms. The van der Waals surface area contributed by atoms with Gasteiger partial charge in [-0.15, -0.1) is 0 Å². The van der Waals surface area contributed by atoms with Gasteiger partial charge in [0, 0.05) is 19.6 Å². The van der Waals surface area contributed by atoms with Crippen molar-refractivity contribution in [2.75, 3.05) is 18.8 Å². The molecule has 94 valence electrons. The molecule has 0 aromatic carbocycles. The summed E-state index contributed by atoms with van der Waals surface area (Å²) in [6, 6.07) is -0.627. The highest BCUT2D eigenvalue weighted by Gasteiger charge is 2.15. The first-order valence-corrected chi connectivity index (χ1v) is 5.19. The van der Waals surface area contributed by atoms with Gasteiger partial charge in [0.15, 0.2) is 0 Å². The van der Waals surface area contributed by atoms with E-state index in [2.05, 4.69) is 15.7 Å². The Labute approximate surface area is 98.3 Å². The molecule has 1 aromatic heterocycles. The second kappa shape index (κ2) is 5.73. The molecule has 1 aromatic rings. The first-order valence-electron chi connectivity index (χ1n) is 5.19. The van der Waals surface area contributed by atoms with E-state index in [0.717, 1.165) is 0 Å². The molecule has 6 N–H and O–H groups in total. The van der Waals surface area contributed by atoms with Crippen molar-refractivity contribution in [1.29, 1.82) is 0 Å². The number of primary amides is 1. The third kappa shape index (κ3) is 3.37. The third-order valence-corrected chi connectivity index (χ3v) is 2.09. The topological polar surface area (TPSA) is 128 Å². The van der Waals surface area contributed by atoms with Crippen LogP contribution in [0.3, 0.4) is 0 Å². The number of amides is 3. The lowest BCUT2D eigenvalue weighted by Crippen LogP contribution is -2.37. The zero-order valence-electron chi connectivity index (χ0n) is 9.56. The molecule has 3 amide bonds. The van der Waals surface area contributed by atoms with Gasteiger partial charge in [0.25, 0.3) is 5.91 Å². The fourth-order valence-electron chi connectivity index (χ4n) is 1.33. The Kier molecular flexibility index (Phi) is 4.32. The summed E-state index contributed by atoms with van der Waals surface area (Å²) in [4.78, 5) is 22.1. The van der Waals surface area contributed by atoms with Crippen LogP contribution in [0.1, 0.15) is 17.4 Å². The fourth-order valence-corrected chi connectivity index (χ4v) is 1.33. The van der Waals surface area contributed by atoms with Crippen LogP contribution >= 0.6 is 0 Å². The van der Waals surface area contributed by atoms with Crippen LogP contribution in [0.4, 0.5) is 10.5 Å². The first-order chi connectivity index (χ1) is 8.06. The zero-order valence-corrected chi connectivity index (χ0v) is 9.56. The van der Waals surface area contributed by atoms with Crippen LogP contribution in [0.25, 0.3) is 0 Å². The number of nitrogens with two attached hydrogens (primary N) is 2. The average molecular weight is 240 g/mol. The summed E-state index contributed by atoms with van der Waals surface area (Å²) in [6.45, 7) is 2.95. The number of aryl methyl sites for hydroxylation is 1. The highest BCUT2D eigenvalue weighted by atomic mass is 16.2. The summed E-state index contributed by atoms with van der Waals surface area (Å²) in [5.74, 6) is -0.326. The van der Waals surface area contributed by atoms with Crippen molar-refractivity contribution >= 4 is 17.6 Å². The van der Waals surface area contributed by atoms with Crippen LogP contribution < -0.4 is 22.1 Å². The Hall–Kier alpha value is -2.25. The van der Waals surface area contributed by atoms with Crippen LogP contribution in [0.5, 0.6) is 0 Å². The predicted molar refractivity (Wildman–Crippen MR) is 62.2 cm³/mol. The fraction of sp³-hybridized carbons (Fsp3) is 0.444. The van der Waals surface area contributed by atoms with Crippen molar-refractivity contribution in [3.05, 3.63) is 11.9 Å². The average Bonchev–Trinajstić information content (AvgIpc) is 2.65. The van der Waals surface area contributed by atoms with Gasteiger partial charge >= 0.3 is 6.03 Å².